The Bertz CT molecular complexity index is 2510. The lowest BCUT2D eigenvalue weighted by molar-refractivity contribution is -0.147. The molecule has 0 fully saturated rings. The fraction of sp³-hybridized carbons (Fsp3) is 0.600. The highest BCUT2D eigenvalue weighted by molar-refractivity contribution is 5.67. The number of carbonyl (C=O) groups excluding carboxylic acids is 3. The number of ether oxygens (including phenoxy) is 3. The summed E-state index contributed by atoms with van der Waals surface area (Å²) in [5.74, 6) is -1.71. The molecule has 1 heterocycles. The molecule has 0 radical (unpaired) electrons. The minimum Gasteiger partial charge on any atom is -0.507 e. The van der Waals surface area contributed by atoms with E-state index in [1.54, 1.807) is 0 Å². The van der Waals surface area contributed by atoms with Crippen LogP contribution in [0.4, 0.5) is 0 Å². The summed E-state index contributed by atoms with van der Waals surface area (Å²) in [6.45, 7) is 37.3. The monoisotopic (exact) mass is 1040 g/mol. The van der Waals surface area contributed by atoms with Gasteiger partial charge in [-0.15, -0.1) is 0 Å². The zero-order valence-corrected chi connectivity index (χ0v) is 48.8. The number of benzene rings is 3. The van der Waals surface area contributed by atoms with Gasteiger partial charge in [-0.1, -0.05) is 161 Å². The van der Waals surface area contributed by atoms with Crippen LogP contribution in [0.2, 0.25) is 0 Å². The van der Waals surface area contributed by atoms with E-state index in [0.29, 0.717) is 50.1 Å². The summed E-state index contributed by atoms with van der Waals surface area (Å²) in [6, 6.07) is 10.9. The lowest BCUT2D eigenvalue weighted by atomic mass is 9.78. The van der Waals surface area contributed by atoms with E-state index in [0.717, 1.165) is 13.7 Å². The normalized spacial score (nSPS) is 14.0. The van der Waals surface area contributed by atoms with Crippen molar-refractivity contribution in [2.45, 2.75) is 235 Å². The third-order valence-corrected chi connectivity index (χ3v) is 13.3. The summed E-state index contributed by atoms with van der Waals surface area (Å²) in [5.41, 5.74) is -0.504. The van der Waals surface area contributed by atoms with Crippen LogP contribution in [0.5, 0.6) is 17.2 Å². The molecule has 0 aliphatic carbocycles. The van der Waals surface area contributed by atoms with Gasteiger partial charge >= 0.3 is 35.0 Å². The van der Waals surface area contributed by atoms with Crippen molar-refractivity contribution in [3.05, 3.63) is 118 Å². The largest absolute Gasteiger partial charge is 0.507 e. The molecule has 15 heteroatoms. The van der Waals surface area contributed by atoms with Crippen molar-refractivity contribution in [1.82, 2.24) is 13.7 Å². The minimum absolute atomic E-state index is 0.0106. The summed E-state index contributed by atoms with van der Waals surface area (Å²) < 4.78 is 20.1. The number of phenolic OH excluding ortho intramolecular Hbond substituents is 3. The third-order valence-electron chi connectivity index (χ3n) is 13.3. The maximum atomic E-state index is 15.0. The Kier molecular flexibility index (Phi) is 18.2. The number of rotatable bonds is 15. The van der Waals surface area contributed by atoms with Gasteiger partial charge in [0.15, 0.2) is 0 Å². The van der Waals surface area contributed by atoms with Gasteiger partial charge in [-0.05, 0) is 82.6 Å². The number of aromatic nitrogens is 3. The molecule has 0 amide bonds. The third kappa shape index (κ3) is 15.5. The second kappa shape index (κ2) is 22.2. The van der Waals surface area contributed by atoms with Crippen LogP contribution in [0.25, 0.3) is 0 Å². The summed E-state index contributed by atoms with van der Waals surface area (Å²) in [5, 5.41) is 34.6. The molecule has 0 aliphatic heterocycles. The second-order valence-electron chi connectivity index (χ2n) is 26.6. The Morgan fingerprint density at radius 2 is 0.533 bits per heavy atom. The number of hydrogen-bond donors (Lipinski definition) is 3. The molecular formula is C60H87N3O12. The number of aromatic hydroxyl groups is 3. The summed E-state index contributed by atoms with van der Waals surface area (Å²) in [7, 11) is 0. The smallest absolute Gasteiger partial charge is 0.336 e. The fourth-order valence-electron chi connectivity index (χ4n) is 9.55. The average molecular weight is 1040 g/mol. The lowest BCUT2D eigenvalue weighted by Crippen LogP contribution is -2.57. The van der Waals surface area contributed by atoms with Crippen molar-refractivity contribution < 1.29 is 43.9 Å². The molecule has 3 atom stereocenters. The van der Waals surface area contributed by atoms with Crippen molar-refractivity contribution in [1.29, 1.82) is 0 Å². The van der Waals surface area contributed by atoms with Crippen molar-refractivity contribution >= 4 is 17.9 Å². The molecule has 0 bridgehead atoms. The lowest BCUT2D eigenvalue weighted by Gasteiger charge is -2.29. The standard InChI is InChI=1S/C60H87N3O12/c1-34(64)73-40(22-37-25-43(55(4,5)6)49(67)44(26-37)56(7,8)9)31-61-52(70)62(32-41(74-35(2)65)23-38-27-45(57(10,11)12)50(68)46(28-38)58(13,14)15)54(72)63(53(61)71)33-42(75-36(3)66)24-39-29-47(59(16,17)18)51(69)48(30-39)60(19,20)21/h25-30,40-42,67-69H,22-24,31-33H2,1-21H3. The number of phenols is 3. The van der Waals surface area contributed by atoms with E-state index in [1.165, 1.54) is 20.8 Å². The highest BCUT2D eigenvalue weighted by Gasteiger charge is 2.33. The van der Waals surface area contributed by atoms with Gasteiger partial charge in [0, 0.05) is 40.0 Å². The first kappa shape index (κ1) is 61.4. The van der Waals surface area contributed by atoms with Crippen LogP contribution in [-0.2, 0) is 100.0 Å². The van der Waals surface area contributed by atoms with Crippen molar-refractivity contribution in [2.75, 3.05) is 0 Å². The van der Waals surface area contributed by atoms with E-state index in [2.05, 4.69) is 0 Å². The Balaban J connectivity index is 2.06. The Morgan fingerprint density at radius 3 is 0.667 bits per heavy atom. The maximum Gasteiger partial charge on any atom is 0.336 e. The number of hydrogen-bond acceptors (Lipinski definition) is 12. The van der Waals surface area contributed by atoms with Crippen LogP contribution >= 0.6 is 0 Å². The van der Waals surface area contributed by atoms with Crippen LogP contribution in [-0.4, -0.2) is 65.2 Å². The van der Waals surface area contributed by atoms with Gasteiger partial charge in [-0.2, -0.15) is 0 Å². The summed E-state index contributed by atoms with van der Waals surface area (Å²) >= 11 is 0. The van der Waals surface area contributed by atoms with E-state index >= 15 is 14.4 Å². The van der Waals surface area contributed by atoms with E-state index in [1.807, 2.05) is 161 Å². The molecule has 0 spiro atoms. The molecule has 4 aromatic rings. The predicted molar refractivity (Wildman–Crippen MR) is 294 cm³/mol. The number of esters is 3. The van der Waals surface area contributed by atoms with Crippen LogP contribution in [0.3, 0.4) is 0 Å². The zero-order valence-electron chi connectivity index (χ0n) is 48.8. The Hall–Kier alpha value is -6.12. The Morgan fingerprint density at radius 1 is 0.373 bits per heavy atom. The van der Waals surface area contributed by atoms with E-state index in [-0.39, 0.29) is 36.5 Å². The van der Waals surface area contributed by atoms with E-state index in [4.69, 9.17) is 14.2 Å². The zero-order chi connectivity index (χ0) is 57.5. The van der Waals surface area contributed by atoms with Gasteiger partial charge in [-0.3, -0.25) is 14.4 Å². The first-order valence-corrected chi connectivity index (χ1v) is 26.0. The van der Waals surface area contributed by atoms with Crippen LogP contribution in [0.15, 0.2) is 50.8 Å². The van der Waals surface area contributed by atoms with Gasteiger partial charge in [0.05, 0.1) is 19.6 Å². The highest BCUT2D eigenvalue weighted by atomic mass is 16.6. The summed E-state index contributed by atoms with van der Waals surface area (Å²) in [6.07, 6.45) is -3.54. The molecule has 4 rings (SSSR count). The van der Waals surface area contributed by atoms with E-state index in [9.17, 15) is 29.7 Å². The topological polar surface area (TPSA) is 206 Å². The quantitative estimate of drug-likeness (QED) is 0.0752. The first-order valence-electron chi connectivity index (χ1n) is 26.0. The van der Waals surface area contributed by atoms with Crippen molar-refractivity contribution in [3.8, 4) is 17.2 Å². The molecule has 3 unspecified atom stereocenters. The molecule has 1 aromatic heterocycles. The fourth-order valence-corrected chi connectivity index (χ4v) is 9.55. The molecule has 414 valence electrons. The van der Waals surface area contributed by atoms with Crippen LogP contribution in [0, 0.1) is 0 Å². The molecule has 75 heavy (non-hydrogen) atoms. The maximum absolute atomic E-state index is 15.0. The van der Waals surface area contributed by atoms with Crippen molar-refractivity contribution in [2.24, 2.45) is 0 Å². The van der Waals surface area contributed by atoms with Gasteiger partial charge in [0.1, 0.15) is 35.6 Å². The molecule has 0 saturated carbocycles. The summed E-state index contributed by atoms with van der Waals surface area (Å²) in [4.78, 5) is 83.9. The molecular weight excluding hydrogens is 955 g/mol. The molecule has 0 saturated heterocycles. The minimum atomic E-state index is -1.17. The molecule has 15 nitrogen and oxygen atoms in total. The Labute approximate surface area is 444 Å². The highest BCUT2D eigenvalue weighted by Crippen LogP contribution is 2.43. The molecule has 3 aromatic carbocycles. The van der Waals surface area contributed by atoms with Gasteiger partial charge in [-0.25, -0.2) is 28.1 Å². The van der Waals surface area contributed by atoms with Gasteiger partial charge < -0.3 is 29.5 Å². The van der Waals surface area contributed by atoms with Crippen molar-refractivity contribution in [3.63, 3.8) is 0 Å². The number of carbonyl (C=O) groups is 3. The number of nitrogens with zero attached hydrogens (tertiary/aromatic N) is 3. The second-order valence-corrected chi connectivity index (χ2v) is 26.6. The SMILES string of the molecule is CC(=O)OC(Cc1cc(C(C)(C)C)c(O)c(C(C)(C)C)c1)Cn1c(=O)n(CC(Cc2cc(C(C)(C)C)c(O)c(C(C)(C)C)c2)OC(C)=O)c(=O)n(CC(Cc2cc(C(C)(C)C)c(O)c(C(C)(C)C)c2)OC(C)=O)c1=O. The average Bonchev–Trinajstić information content (AvgIpc) is 3.21. The predicted octanol–water partition coefficient (Wildman–Crippen LogP) is 9.60. The molecule has 3 N–H and O–H groups in total. The van der Waals surface area contributed by atoms with Crippen LogP contribution in [0.1, 0.15) is 195 Å². The van der Waals surface area contributed by atoms with Gasteiger partial charge in [0.25, 0.3) is 0 Å². The van der Waals surface area contributed by atoms with E-state index < -0.39 is 105 Å². The first-order chi connectivity index (χ1) is 33.9. The molecule has 0 aliphatic rings. The van der Waals surface area contributed by atoms with Crippen LogP contribution < -0.4 is 17.1 Å². The van der Waals surface area contributed by atoms with Gasteiger partial charge in [0.2, 0.25) is 0 Å².